The lowest BCUT2D eigenvalue weighted by Gasteiger charge is -2.14. The lowest BCUT2D eigenvalue weighted by atomic mass is 10.0. The first-order chi connectivity index (χ1) is 8.19. The smallest absolute Gasteiger partial charge is 0.303 e. The third kappa shape index (κ3) is 3.19. The van der Waals surface area contributed by atoms with Crippen LogP contribution in [0.3, 0.4) is 0 Å². The lowest BCUT2D eigenvalue weighted by molar-refractivity contribution is -0.137. The van der Waals surface area contributed by atoms with Crippen LogP contribution in [-0.2, 0) is 11.2 Å². The predicted molar refractivity (Wildman–Crippen MR) is 68.7 cm³/mol. The third-order valence-corrected chi connectivity index (χ3v) is 4.17. The molecule has 1 aliphatic rings. The van der Waals surface area contributed by atoms with Crippen molar-refractivity contribution in [3.63, 3.8) is 0 Å². The number of hydrogen-bond donors (Lipinski definition) is 1. The highest BCUT2D eigenvalue weighted by Crippen LogP contribution is 2.29. The van der Waals surface area contributed by atoms with Gasteiger partial charge in [0.15, 0.2) is 5.13 Å². The second kappa shape index (κ2) is 5.49. The van der Waals surface area contributed by atoms with Gasteiger partial charge in [0.2, 0.25) is 0 Å². The Morgan fingerprint density at radius 1 is 1.71 bits per heavy atom. The van der Waals surface area contributed by atoms with Crippen LogP contribution in [0.15, 0.2) is 5.38 Å². The minimum absolute atomic E-state index is 0.288. The quantitative estimate of drug-likeness (QED) is 0.876. The molecule has 1 N–H and O–H groups in total. The zero-order valence-corrected chi connectivity index (χ0v) is 10.9. The van der Waals surface area contributed by atoms with Gasteiger partial charge in [-0.25, -0.2) is 4.98 Å². The van der Waals surface area contributed by atoms with Gasteiger partial charge < -0.3 is 10.0 Å². The van der Waals surface area contributed by atoms with Crippen molar-refractivity contribution in [2.75, 3.05) is 18.0 Å². The molecule has 17 heavy (non-hydrogen) atoms. The van der Waals surface area contributed by atoms with Gasteiger partial charge in [0.05, 0.1) is 5.69 Å². The highest BCUT2D eigenvalue weighted by atomic mass is 32.1. The van der Waals surface area contributed by atoms with Crippen molar-refractivity contribution in [1.82, 2.24) is 4.98 Å². The number of carboxylic acids is 1. The van der Waals surface area contributed by atoms with E-state index in [-0.39, 0.29) is 6.42 Å². The second-order valence-electron chi connectivity index (χ2n) is 4.51. The van der Waals surface area contributed by atoms with E-state index in [0.717, 1.165) is 43.2 Å². The van der Waals surface area contributed by atoms with E-state index in [1.165, 1.54) is 0 Å². The Balaban J connectivity index is 1.86. The van der Waals surface area contributed by atoms with E-state index in [4.69, 9.17) is 5.11 Å². The summed E-state index contributed by atoms with van der Waals surface area (Å²) in [6.07, 6.45) is 3.15. The Morgan fingerprint density at radius 3 is 3.18 bits per heavy atom. The van der Waals surface area contributed by atoms with E-state index in [0.29, 0.717) is 5.92 Å². The molecule has 0 aromatic carbocycles. The zero-order valence-electron chi connectivity index (χ0n) is 10.1. The Hall–Kier alpha value is -1.10. The standard InChI is InChI=1S/C12H18N2O2S/c1-2-10-8-17-12(13-10)14-6-5-9(7-14)3-4-11(15)16/h8-9H,2-7H2,1H3,(H,15,16). The normalized spacial score (nSPS) is 19.8. The lowest BCUT2D eigenvalue weighted by Crippen LogP contribution is -2.19. The Bertz CT molecular complexity index is 392. The minimum atomic E-state index is -0.689. The SMILES string of the molecule is CCc1csc(N2CCC(CCC(=O)O)C2)n1. The minimum Gasteiger partial charge on any atom is -0.481 e. The van der Waals surface area contributed by atoms with Gasteiger partial charge in [-0.15, -0.1) is 11.3 Å². The van der Waals surface area contributed by atoms with Gasteiger partial charge in [0, 0.05) is 24.9 Å². The van der Waals surface area contributed by atoms with Crippen LogP contribution < -0.4 is 4.90 Å². The number of aliphatic carboxylic acids is 1. The molecule has 1 aromatic heterocycles. The molecule has 1 unspecified atom stereocenters. The summed E-state index contributed by atoms with van der Waals surface area (Å²) in [5, 5.41) is 11.9. The topological polar surface area (TPSA) is 53.4 Å². The molecule has 1 aromatic rings. The van der Waals surface area contributed by atoms with Gasteiger partial charge >= 0.3 is 5.97 Å². The summed E-state index contributed by atoms with van der Waals surface area (Å²) in [5.74, 6) is -0.175. The molecule has 1 atom stereocenters. The molecular formula is C12H18N2O2S. The van der Waals surface area contributed by atoms with Crippen LogP contribution in [0.1, 0.15) is 31.9 Å². The van der Waals surface area contributed by atoms with Crippen molar-refractivity contribution < 1.29 is 9.90 Å². The fraction of sp³-hybridized carbons (Fsp3) is 0.667. The van der Waals surface area contributed by atoms with Crippen molar-refractivity contribution in [3.8, 4) is 0 Å². The van der Waals surface area contributed by atoms with Gasteiger partial charge in [-0.1, -0.05) is 6.92 Å². The summed E-state index contributed by atoms with van der Waals surface area (Å²) in [4.78, 5) is 17.4. The molecule has 1 fully saturated rings. The molecule has 0 saturated carbocycles. The number of aromatic nitrogens is 1. The first-order valence-electron chi connectivity index (χ1n) is 6.10. The van der Waals surface area contributed by atoms with Crippen molar-refractivity contribution in [2.45, 2.75) is 32.6 Å². The summed E-state index contributed by atoms with van der Waals surface area (Å²) >= 11 is 1.70. The third-order valence-electron chi connectivity index (χ3n) is 3.22. The molecule has 0 amide bonds. The van der Waals surface area contributed by atoms with Crippen LogP contribution in [0.4, 0.5) is 5.13 Å². The summed E-state index contributed by atoms with van der Waals surface area (Å²) in [5.41, 5.74) is 1.15. The highest BCUT2D eigenvalue weighted by molar-refractivity contribution is 7.13. The van der Waals surface area contributed by atoms with Gasteiger partial charge in [-0.05, 0) is 25.2 Å². The van der Waals surface area contributed by atoms with E-state index in [2.05, 4.69) is 22.2 Å². The van der Waals surface area contributed by atoms with Crippen molar-refractivity contribution in [2.24, 2.45) is 5.92 Å². The Kier molecular flexibility index (Phi) is 3.99. The van der Waals surface area contributed by atoms with Crippen LogP contribution >= 0.6 is 11.3 Å². The number of aryl methyl sites for hydroxylation is 1. The number of rotatable bonds is 5. The maximum atomic E-state index is 10.5. The van der Waals surface area contributed by atoms with E-state index in [1.807, 2.05) is 0 Å². The monoisotopic (exact) mass is 254 g/mol. The average molecular weight is 254 g/mol. The van der Waals surface area contributed by atoms with Gasteiger partial charge in [-0.3, -0.25) is 4.79 Å². The van der Waals surface area contributed by atoms with E-state index in [1.54, 1.807) is 11.3 Å². The van der Waals surface area contributed by atoms with Crippen LogP contribution in [-0.4, -0.2) is 29.1 Å². The highest BCUT2D eigenvalue weighted by Gasteiger charge is 2.24. The molecule has 0 bridgehead atoms. The van der Waals surface area contributed by atoms with Crippen LogP contribution in [0.25, 0.3) is 0 Å². The van der Waals surface area contributed by atoms with Crippen LogP contribution in [0.2, 0.25) is 0 Å². The number of thiazole rings is 1. The maximum Gasteiger partial charge on any atom is 0.303 e. The van der Waals surface area contributed by atoms with Crippen molar-refractivity contribution in [1.29, 1.82) is 0 Å². The van der Waals surface area contributed by atoms with Gasteiger partial charge in [0.25, 0.3) is 0 Å². The predicted octanol–water partition coefficient (Wildman–Crippen LogP) is 2.40. The largest absolute Gasteiger partial charge is 0.481 e. The molecule has 0 spiro atoms. The number of carbonyl (C=O) groups is 1. The molecule has 1 aliphatic heterocycles. The van der Waals surface area contributed by atoms with Crippen LogP contribution in [0.5, 0.6) is 0 Å². The molecule has 0 radical (unpaired) electrons. The van der Waals surface area contributed by atoms with Crippen molar-refractivity contribution in [3.05, 3.63) is 11.1 Å². The van der Waals surface area contributed by atoms with Crippen molar-refractivity contribution >= 4 is 22.4 Å². The molecule has 5 heteroatoms. The number of hydrogen-bond acceptors (Lipinski definition) is 4. The number of carboxylic acid groups (broad SMARTS) is 1. The fourth-order valence-corrected chi connectivity index (χ4v) is 3.12. The zero-order chi connectivity index (χ0) is 12.3. The Morgan fingerprint density at radius 2 is 2.53 bits per heavy atom. The van der Waals surface area contributed by atoms with E-state index >= 15 is 0 Å². The summed E-state index contributed by atoms with van der Waals surface area (Å²) in [7, 11) is 0. The molecule has 4 nitrogen and oxygen atoms in total. The Labute approximate surface area is 105 Å². The molecular weight excluding hydrogens is 236 g/mol. The number of nitrogens with zero attached hydrogens (tertiary/aromatic N) is 2. The van der Waals surface area contributed by atoms with E-state index < -0.39 is 5.97 Å². The summed E-state index contributed by atoms with van der Waals surface area (Å²) in [6.45, 7) is 4.09. The summed E-state index contributed by atoms with van der Waals surface area (Å²) < 4.78 is 0. The second-order valence-corrected chi connectivity index (χ2v) is 5.34. The molecule has 2 heterocycles. The van der Waals surface area contributed by atoms with E-state index in [9.17, 15) is 4.79 Å². The van der Waals surface area contributed by atoms with Crippen LogP contribution in [0, 0.1) is 5.92 Å². The number of anilines is 1. The van der Waals surface area contributed by atoms with Gasteiger partial charge in [0.1, 0.15) is 0 Å². The average Bonchev–Trinajstić information content (AvgIpc) is 2.94. The first-order valence-corrected chi connectivity index (χ1v) is 6.98. The van der Waals surface area contributed by atoms with Gasteiger partial charge in [-0.2, -0.15) is 0 Å². The summed E-state index contributed by atoms with van der Waals surface area (Å²) in [6, 6.07) is 0. The molecule has 1 saturated heterocycles. The molecule has 0 aliphatic carbocycles. The fourth-order valence-electron chi connectivity index (χ4n) is 2.17. The molecule has 94 valence electrons. The first kappa shape index (κ1) is 12.4. The maximum absolute atomic E-state index is 10.5. The molecule has 2 rings (SSSR count).